The predicted octanol–water partition coefficient (Wildman–Crippen LogP) is 5.48. The van der Waals surface area contributed by atoms with Gasteiger partial charge in [0.05, 0.1) is 7.11 Å². The van der Waals surface area contributed by atoms with Gasteiger partial charge in [0.15, 0.2) is 0 Å². The minimum atomic E-state index is 0.186. The Bertz CT molecular complexity index is 808. The van der Waals surface area contributed by atoms with Crippen molar-refractivity contribution in [2.45, 2.75) is 45.6 Å². The van der Waals surface area contributed by atoms with E-state index in [1.807, 2.05) is 30.5 Å². The fourth-order valence-electron chi connectivity index (χ4n) is 3.75. The molecular formula is C22H28N2O. The van der Waals surface area contributed by atoms with Gasteiger partial charge in [-0.2, -0.15) is 0 Å². The number of hydrogen-bond donors (Lipinski definition) is 0. The maximum atomic E-state index is 5.39. The van der Waals surface area contributed by atoms with Gasteiger partial charge < -0.3 is 9.64 Å². The first-order valence-electron chi connectivity index (χ1n) is 8.89. The second-order valence-corrected chi connectivity index (χ2v) is 7.67. The number of hydrogen-bond acceptors (Lipinski definition) is 3. The normalized spacial score (nSPS) is 19.1. The molecule has 25 heavy (non-hydrogen) atoms. The van der Waals surface area contributed by atoms with Crippen molar-refractivity contribution in [1.82, 2.24) is 0 Å². The van der Waals surface area contributed by atoms with Crippen LogP contribution in [0.5, 0.6) is 5.75 Å². The average molecular weight is 336 g/mol. The average Bonchev–Trinajstić information content (AvgIpc) is 2.58. The van der Waals surface area contributed by atoms with E-state index in [1.54, 1.807) is 7.11 Å². The second kappa shape index (κ2) is 6.55. The fraction of sp³-hybridized carbons (Fsp3) is 0.409. The van der Waals surface area contributed by atoms with E-state index in [2.05, 4.69) is 56.8 Å². The highest BCUT2D eigenvalue weighted by Gasteiger charge is 2.34. The molecule has 1 aliphatic rings. The Morgan fingerprint density at radius 2 is 1.96 bits per heavy atom. The zero-order valence-corrected chi connectivity index (χ0v) is 16.1. The van der Waals surface area contributed by atoms with Crippen LogP contribution in [0.4, 0.5) is 11.4 Å². The van der Waals surface area contributed by atoms with Crippen LogP contribution >= 0.6 is 0 Å². The van der Waals surface area contributed by atoms with Gasteiger partial charge in [-0.05, 0) is 74.1 Å². The van der Waals surface area contributed by atoms with Crippen molar-refractivity contribution >= 4 is 17.6 Å². The third kappa shape index (κ3) is 3.28. The topological polar surface area (TPSA) is 24.8 Å². The van der Waals surface area contributed by atoms with Crippen molar-refractivity contribution in [2.24, 2.45) is 4.99 Å². The molecule has 3 heteroatoms. The molecule has 0 spiro atoms. The van der Waals surface area contributed by atoms with E-state index in [9.17, 15) is 0 Å². The van der Waals surface area contributed by atoms with Gasteiger partial charge in [0, 0.05) is 24.5 Å². The summed E-state index contributed by atoms with van der Waals surface area (Å²) in [5.41, 5.74) is 6.21. The highest BCUT2D eigenvalue weighted by Crippen LogP contribution is 2.43. The maximum Gasteiger partial charge on any atom is 0.144 e. The van der Waals surface area contributed by atoms with Crippen LogP contribution in [-0.4, -0.2) is 25.9 Å². The SMILES string of the molecule is COc1ccccc1N=Cc1cc2c(cc1C)N(C)C(C)(C)C[C@@H]2C. The summed E-state index contributed by atoms with van der Waals surface area (Å²) >= 11 is 0. The summed E-state index contributed by atoms with van der Waals surface area (Å²) in [6.45, 7) is 9.12. The van der Waals surface area contributed by atoms with Crippen molar-refractivity contribution in [3.05, 3.63) is 53.1 Å². The molecule has 132 valence electrons. The van der Waals surface area contributed by atoms with Crippen LogP contribution in [0, 0.1) is 6.92 Å². The van der Waals surface area contributed by atoms with Crippen molar-refractivity contribution in [1.29, 1.82) is 0 Å². The van der Waals surface area contributed by atoms with Crippen LogP contribution < -0.4 is 9.64 Å². The van der Waals surface area contributed by atoms with Gasteiger partial charge in [0.25, 0.3) is 0 Å². The number of methoxy groups -OCH3 is 1. The monoisotopic (exact) mass is 336 g/mol. The third-order valence-electron chi connectivity index (χ3n) is 5.45. The molecule has 3 rings (SSSR count). The highest BCUT2D eigenvalue weighted by atomic mass is 16.5. The summed E-state index contributed by atoms with van der Waals surface area (Å²) in [5.74, 6) is 1.34. The molecule has 0 fully saturated rings. The molecule has 3 nitrogen and oxygen atoms in total. The summed E-state index contributed by atoms with van der Waals surface area (Å²) in [6, 6.07) is 12.5. The Labute approximate surface area is 151 Å². The van der Waals surface area contributed by atoms with Crippen LogP contribution in [0.2, 0.25) is 0 Å². The van der Waals surface area contributed by atoms with Gasteiger partial charge in [0.1, 0.15) is 11.4 Å². The molecule has 2 aromatic rings. The number of fused-ring (bicyclic) bond motifs is 1. The molecule has 0 aromatic heterocycles. The van der Waals surface area contributed by atoms with E-state index >= 15 is 0 Å². The molecule has 2 aromatic carbocycles. The zero-order chi connectivity index (χ0) is 18.2. The van der Waals surface area contributed by atoms with Crippen LogP contribution in [0.15, 0.2) is 41.4 Å². The molecule has 0 N–H and O–H groups in total. The fourth-order valence-corrected chi connectivity index (χ4v) is 3.75. The summed E-state index contributed by atoms with van der Waals surface area (Å²) in [6.07, 6.45) is 3.11. The van der Waals surface area contributed by atoms with Crippen molar-refractivity contribution in [2.75, 3.05) is 19.1 Å². The molecule has 1 aliphatic heterocycles. The Hall–Kier alpha value is -2.29. The second-order valence-electron chi connectivity index (χ2n) is 7.67. The van der Waals surface area contributed by atoms with Gasteiger partial charge in [-0.3, -0.25) is 4.99 Å². The minimum Gasteiger partial charge on any atom is -0.494 e. The van der Waals surface area contributed by atoms with E-state index in [0.29, 0.717) is 5.92 Å². The Kier molecular flexibility index (Phi) is 4.59. The highest BCUT2D eigenvalue weighted by molar-refractivity contribution is 5.86. The van der Waals surface area contributed by atoms with Gasteiger partial charge in [-0.15, -0.1) is 0 Å². The van der Waals surface area contributed by atoms with E-state index < -0.39 is 0 Å². The van der Waals surface area contributed by atoms with Crippen LogP contribution in [0.3, 0.4) is 0 Å². The van der Waals surface area contributed by atoms with Crippen molar-refractivity contribution in [3.8, 4) is 5.75 Å². The van der Waals surface area contributed by atoms with E-state index in [-0.39, 0.29) is 5.54 Å². The Morgan fingerprint density at radius 1 is 1.24 bits per heavy atom. The smallest absolute Gasteiger partial charge is 0.144 e. The third-order valence-corrected chi connectivity index (χ3v) is 5.45. The minimum absolute atomic E-state index is 0.186. The molecule has 1 atom stereocenters. The number of benzene rings is 2. The lowest BCUT2D eigenvalue weighted by atomic mass is 9.79. The standard InChI is InChI=1S/C22H28N2O/c1-15-11-20-18(16(2)13-22(3,4)24(20)5)12-17(15)14-23-19-9-7-8-10-21(19)25-6/h7-12,14,16H,13H2,1-6H3/t16-/m0/s1. The lowest BCUT2D eigenvalue weighted by molar-refractivity contribution is 0.395. The lowest BCUT2D eigenvalue weighted by Gasteiger charge is -2.45. The van der Waals surface area contributed by atoms with Crippen LogP contribution in [-0.2, 0) is 0 Å². The first-order chi connectivity index (χ1) is 11.8. The van der Waals surface area contributed by atoms with E-state index in [1.165, 1.54) is 22.4 Å². The largest absolute Gasteiger partial charge is 0.494 e. The van der Waals surface area contributed by atoms with Crippen molar-refractivity contribution in [3.63, 3.8) is 0 Å². The number of nitrogens with zero attached hydrogens (tertiary/aromatic N) is 2. The van der Waals surface area contributed by atoms with Gasteiger partial charge >= 0.3 is 0 Å². The number of rotatable bonds is 3. The van der Waals surface area contributed by atoms with Crippen LogP contribution in [0.25, 0.3) is 0 Å². The van der Waals surface area contributed by atoms with Gasteiger partial charge in [0.2, 0.25) is 0 Å². The summed E-state index contributed by atoms with van der Waals surface area (Å²) < 4.78 is 5.39. The van der Waals surface area contributed by atoms with Crippen molar-refractivity contribution < 1.29 is 4.74 Å². The molecule has 1 heterocycles. The molecule has 0 bridgehead atoms. The molecule has 0 radical (unpaired) electrons. The number of anilines is 1. The Morgan fingerprint density at radius 3 is 2.68 bits per heavy atom. The summed E-state index contributed by atoms with van der Waals surface area (Å²) in [5, 5.41) is 0. The molecule has 0 amide bonds. The zero-order valence-electron chi connectivity index (χ0n) is 16.1. The first-order valence-corrected chi connectivity index (χ1v) is 8.89. The number of para-hydroxylation sites is 2. The van der Waals surface area contributed by atoms with E-state index in [0.717, 1.165) is 17.9 Å². The molecule has 0 saturated heterocycles. The maximum absolute atomic E-state index is 5.39. The van der Waals surface area contributed by atoms with Crippen LogP contribution in [0.1, 0.15) is 49.8 Å². The van der Waals surface area contributed by atoms with E-state index in [4.69, 9.17) is 4.74 Å². The summed E-state index contributed by atoms with van der Waals surface area (Å²) in [4.78, 5) is 7.08. The summed E-state index contributed by atoms with van der Waals surface area (Å²) in [7, 11) is 3.88. The molecule has 0 aliphatic carbocycles. The quantitative estimate of drug-likeness (QED) is 0.694. The van der Waals surface area contributed by atoms with Gasteiger partial charge in [-0.25, -0.2) is 0 Å². The first kappa shape index (κ1) is 17.5. The number of ether oxygens (including phenoxy) is 1. The predicted molar refractivity (Wildman–Crippen MR) is 107 cm³/mol. The van der Waals surface area contributed by atoms with Gasteiger partial charge in [-0.1, -0.05) is 19.1 Å². The lowest BCUT2D eigenvalue weighted by Crippen LogP contribution is -2.45. The molecule has 0 saturated carbocycles. The number of aryl methyl sites for hydroxylation is 1. The molecule has 0 unspecified atom stereocenters. The Balaban J connectivity index is 2.00. The molecular weight excluding hydrogens is 308 g/mol. The number of aliphatic imine (C=N–C) groups is 1.